The van der Waals surface area contributed by atoms with E-state index in [2.05, 4.69) is 15.5 Å². The van der Waals surface area contributed by atoms with Crippen molar-refractivity contribution < 1.29 is 18.7 Å². The Morgan fingerprint density at radius 1 is 1.09 bits per heavy atom. The Morgan fingerprint density at radius 3 is 2.75 bits per heavy atom. The molecule has 0 aliphatic rings. The van der Waals surface area contributed by atoms with Crippen molar-refractivity contribution in [3.05, 3.63) is 89.7 Å². The van der Waals surface area contributed by atoms with Gasteiger partial charge < -0.3 is 4.74 Å². The molecule has 32 heavy (non-hydrogen) atoms. The number of carbonyl (C=O) groups excluding carboxylic acids is 2. The second-order valence-corrected chi connectivity index (χ2v) is 8.72. The molecule has 0 bridgehead atoms. The maximum absolute atomic E-state index is 13.7. The van der Waals surface area contributed by atoms with Gasteiger partial charge in [-0.15, -0.1) is 11.3 Å². The first kappa shape index (κ1) is 21.7. The van der Waals surface area contributed by atoms with Crippen molar-refractivity contribution in [3.8, 4) is 5.75 Å². The molecule has 0 aliphatic carbocycles. The number of thiazole rings is 1. The van der Waals surface area contributed by atoms with Crippen LogP contribution in [0, 0.1) is 5.82 Å². The number of rotatable bonds is 7. The summed E-state index contributed by atoms with van der Waals surface area (Å²) in [5.74, 6) is -1.30. The maximum atomic E-state index is 13.7. The molecular weight excluding hydrogens is 449 g/mol. The van der Waals surface area contributed by atoms with Gasteiger partial charge in [-0.3, -0.25) is 4.79 Å². The second-order valence-electron chi connectivity index (χ2n) is 6.47. The highest BCUT2D eigenvalue weighted by molar-refractivity contribution is 8.01. The molecule has 4 aromatic rings. The minimum absolute atomic E-state index is 0.149. The fourth-order valence-corrected chi connectivity index (χ4v) is 4.56. The normalized spacial score (nSPS) is 11.0. The van der Waals surface area contributed by atoms with Crippen LogP contribution in [0.1, 0.15) is 15.9 Å². The summed E-state index contributed by atoms with van der Waals surface area (Å²) < 4.78 is 20.8. The van der Waals surface area contributed by atoms with Gasteiger partial charge in [0, 0.05) is 0 Å². The quantitative estimate of drug-likeness (QED) is 0.138. The van der Waals surface area contributed by atoms with Crippen LogP contribution < -0.4 is 10.2 Å². The zero-order chi connectivity index (χ0) is 22.3. The van der Waals surface area contributed by atoms with Crippen LogP contribution in [0.2, 0.25) is 0 Å². The minimum atomic E-state index is -0.794. The van der Waals surface area contributed by atoms with E-state index < -0.39 is 11.8 Å². The number of nitrogens with one attached hydrogen (secondary N) is 1. The third-order valence-corrected chi connectivity index (χ3v) is 6.35. The number of amides is 1. The highest BCUT2D eigenvalue weighted by atomic mass is 32.2. The van der Waals surface area contributed by atoms with Gasteiger partial charge >= 0.3 is 5.97 Å². The number of benzene rings is 3. The first-order valence-corrected chi connectivity index (χ1v) is 11.3. The Balaban J connectivity index is 1.30. The van der Waals surface area contributed by atoms with E-state index in [1.54, 1.807) is 30.3 Å². The van der Waals surface area contributed by atoms with E-state index in [-0.39, 0.29) is 23.0 Å². The molecule has 0 aliphatic heterocycles. The largest absolute Gasteiger partial charge is 0.423 e. The molecule has 6 nitrogen and oxygen atoms in total. The Labute approximate surface area is 191 Å². The topological polar surface area (TPSA) is 80.7 Å². The molecule has 1 heterocycles. The summed E-state index contributed by atoms with van der Waals surface area (Å²) in [6.45, 7) is 0. The molecule has 0 spiro atoms. The lowest BCUT2D eigenvalue weighted by molar-refractivity contribution is -0.118. The van der Waals surface area contributed by atoms with Crippen molar-refractivity contribution in [1.29, 1.82) is 0 Å². The third kappa shape index (κ3) is 5.57. The van der Waals surface area contributed by atoms with Gasteiger partial charge in [-0.25, -0.2) is 19.6 Å². The number of halogens is 1. The van der Waals surface area contributed by atoms with E-state index in [4.69, 9.17) is 4.74 Å². The second kappa shape index (κ2) is 10.2. The van der Waals surface area contributed by atoms with Gasteiger partial charge in [0.05, 0.1) is 27.7 Å². The molecule has 1 amide bonds. The lowest BCUT2D eigenvalue weighted by Crippen LogP contribution is -2.19. The Kier molecular flexibility index (Phi) is 6.88. The molecular formula is C23H16FN3O3S2. The van der Waals surface area contributed by atoms with E-state index in [9.17, 15) is 14.0 Å². The summed E-state index contributed by atoms with van der Waals surface area (Å²) in [6.07, 6.45) is 1.43. The van der Waals surface area contributed by atoms with Gasteiger partial charge in [0.15, 0.2) is 4.34 Å². The van der Waals surface area contributed by atoms with Crippen molar-refractivity contribution >= 4 is 51.4 Å². The Hall–Kier alpha value is -3.56. The van der Waals surface area contributed by atoms with Crippen LogP contribution in [0.5, 0.6) is 5.75 Å². The van der Waals surface area contributed by atoms with Gasteiger partial charge in [-0.2, -0.15) is 5.10 Å². The van der Waals surface area contributed by atoms with Crippen LogP contribution in [0.25, 0.3) is 10.2 Å². The zero-order valence-corrected chi connectivity index (χ0v) is 18.2. The van der Waals surface area contributed by atoms with Crippen molar-refractivity contribution in [2.24, 2.45) is 5.10 Å². The lowest BCUT2D eigenvalue weighted by Gasteiger charge is -2.05. The smallest absolute Gasteiger partial charge is 0.346 e. The van der Waals surface area contributed by atoms with Gasteiger partial charge in [0.1, 0.15) is 11.6 Å². The van der Waals surface area contributed by atoms with Gasteiger partial charge in [-0.05, 0) is 42.0 Å². The fourth-order valence-electron chi connectivity index (χ4n) is 2.70. The molecule has 0 saturated heterocycles. The average Bonchev–Trinajstić information content (AvgIpc) is 3.21. The zero-order valence-electron chi connectivity index (χ0n) is 16.5. The highest BCUT2D eigenvalue weighted by Gasteiger charge is 2.13. The van der Waals surface area contributed by atoms with Crippen LogP contribution in [-0.4, -0.2) is 28.8 Å². The molecule has 1 N–H and O–H groups in total. The summed E-state index contributed by atoms with van der Waals surface area (Å²) in [4.78, 5) is 28.7. The fraction of sp³-hybridized carbons (Fsp3) is 0.0435. The van der Waals surface area contributed by atoms with Crippen molar-refractivity contribution in [3.63, 3.8) is 0 Å². The molecule has 9 heteroatoms. The average molecular weight is 466 g/mol. The number of nitrogens with zero attached hydrogens (tertiary/aromatic N) is 2. The monoisotopic (exact) mass is 465 g/mol. The van der Waals surface area contributed by atoms with E-state index in [1.165, 1.54) is 47.5 Å². The standard InChI is InChI=1S/C23H16FN3O3S2/c24-18-9-2-1-8-17(18)22(29)30-16-7-5-6-15(12-16)13-25-27-21(28)14-31-23-26-19-10-3-4-11-20(19)32-23/h1-13H,14H2,(H,27,28)/b25-13-. The van der Waals surface area contributed by atoms with Gasteiger partial charge in [-0.1, -0.05) is 48.2 Å². The Morgan fingerprint density at radius 2 is 1.91 bits per heavy atom. The first-order valence-electron chi connectivity index (χ1n) is 9.45. The number of hydrogen-bond donors (Lipinski definition) is 1. The first-order chi connectivity index (χ1) is 15.6. The van der Waals surface area contributed by atoms with Gasteiger partial charge in [0.2, 0.25) is 0 Å². The molecule has 0 atom stereocenters. The molecule has 0 fully saturated rings. The molecule has 160 valence electrons. The predicted molar refractivity (Wildman–Crippen MR) is 124 cm³/mol. The van der Waals surface area contributed by atoms with Crippen LogP contribution in [0.3, 0.4) is 0 Å². The molecule has 4 rings (SSSR count). The number of hydrazone groups is 1. The lowest BCUT2D eigenvalue weighted by atomic mass is 10.2. The van der Waals surface area contributed by atoms with Crippen LogP contribution >= 0.6 is 23.1 Å². The molecule has 0 radical (unpaired) electrons. The summed E-state index contributed by atoms with van der Waals surface area (Å²) in [5, 5.41) is 3.93. The number of fused-ring (bicyclic) bond motifs is 1. The summed E-state index contributed by atoms with van der Waals surface area (Å²) >= 11 is 2.88. The molecule has 0 saturated carbocycles. The van der Waals surface area contributed by atoms with Crippen LogP contribution in [0.4, 0.5) is 4.39 Å². The number of ether oxygens (including phenoxy) is 1. The van der Waals surface area contributed by atoms with E-state index in [1.807, 2.05) is 24.3 Å². The summed E-state index contributed by atoms with van der Waals surface area (Å²) in [5.41, 5.74) is 3.82. The summed E-state index contributed by atoms with van der Waals surface area (Å²) in [6, 6.07) is 19.9. The summed E-state index contributed by atoms with van der Waals surface area (Å²) in [7, 11) is 0. The molecule has 0 unspecified atom stereocenters. The number of carbonyl (C=O) groups is 2. The minimum Gasteiger partial charge on any atom is -0.423 e. The molecule has 1 aromatic heterocycles. The van der Waals surface area contributed by atoms with Crippen LogP contribution in [0.15, 0.2) is 82.2 Å². The molecule has 3 aromatic carbocycles. The number of hydrogen-bond acceptors (Lipinski definition) is 7. The van der Waals surface area contributed by atoms with E-state index >= 15 is 0 Å². The SMILES string of the molecule is O=C(CSc1nc2ccccc2s1)N/N=C\c1cccc(OC(=O)c2ccccc2F)c1. The van der Waals surface area contributed by atoms with Crippen molar-refractivity contribution in [1.82, 2.24) is 10.4 Å². The number of para-hydroxylation sites is 1. The highest BCUT2D eigenvalue weighted by Crippen LogP contribution is 2.29. The Bertz CT molecular complexity index is 1270. The van der Waals surface area contributed by atoms with Crippen molar-refractivity contribution in [2.75, 3.05) is 5.75 Å². The number of aromatic nitrogens is 1. The predicted octanol–water partition coefficient (Wildman–Crippen LogP) is 4.90. The maximum Gasteiger partial charge on any atom is 0.346 e. The van der Waals surface area contributed by atoms with Crippen molar-refractivity contribution in [2.45, 2.75) is 4.34 Å². The third-order valence-electron chi connectivity index (χ3n) is 4.17. The number of esters is 1. The number of thioether (sulfide) groups is 1. The van der Waals surface area contributed by atoms with E-state index in [0.29, 0.717) is 5.56 Å². The van der Waals surface area contributed by atoms with Crippen LogP contribution in [-0.2, 0) is 4.79 Å². The van der Waals surface area contributed by atoms with Gasteiger partial charge in [0.25, 0.3) is 5.91 Å². The van der Waals surface area contributed by atoms with E-state index in [0.717, 1.165) is 14.6 Å².